The number of amides is 1. The van der Waals surface area contributed by atoms with Crippen molar-refractivity contribution in [2.45, 2.75) is 0 Å². The average molecular weight is 210 g/mol. The molecule has 2 rings (SSSR count). The van der Waals surface area contributed by atoms with Crippen molar-refractivity contribution >= 4 is 11.7 Å². The Bertz CT molecular complexity index is 306. The number of carbonyl (C=O) groups excluding carboxylic acids is 1. The van der Waals surface area contributed by atoms with E-state index >= 15 is 0 Å². The molecule has 6 heteroatoms. The van der Waals surface area contributed by atoms with Crippen LogP contribution in [-0.2, 0) is 4.79 Å². The fourth-order valence-electron chi connectivity index (χ4n) is 1.53. The third-order valence-corrected chi connectivity index (χ3v) is 2.28. The molecule has 0 aromatic carbocycles. The SMILES string of the molecule is O=C(CN1CCNCC1)Nc1ccon1. The van der Waals surface area contributed by atoms with Crippen molar-refractivity contribution in [1.82, 2.24) is 15.4 Å². The zero-order valence-corrected chi connectivity index (χ0v) is 8.40. The molecular formula is C9H14N4O2. The lowest BCUT2D eigenvalue weighted by molar-refractivity contribution is -0.117. The lowest BCUT2D eigenvalue weighted by atomic mass is 10.3. The van der Waals surface area contributed by atoms with Crippen LogP contribution in [0.4, 0.5) is 5.82 Å². The Morgan fingerprint density at radius 1 is 1.60 bits per heavy atom. The maximum Gasteiger partial charge on any atom is 0.239 e. The van der Waals surface area contributed by atoms with Gasteiger partial charge < -0.3 is 15.2 Å². The molecular weight excluding hydrogens is 196 g/mol. The summed E-state index contributed by atoms with van der Waals surface area (Å²) in [5.74, 6) is 0.418. The van der Waals surface area contributed by atoms with Gasteiger partial charge in [0, 0.05) is 32.2 Å². The van der Waals surface area contributed by atoms with Gasteiger partial charge in [-0.3, -0.25) is 9.69 Å². The van der Waals surface area contributed by atoms with E-state index in [1.54, 1.807) is 6.07 Å². The number of hydrogen-bond donors (Lipinski definition) is 2. The Morgan fingerprint density at radius 3 is 3.07 bits per heavy atom. The van der Waals surface area contributed by atoms with Crippen LogP contribution in [0.15, 0.2) is 16.9 Å². The number of nitrogens with zero attached hydrogens (tertiary/aromatic N) is 2. The standard InChI is InChI=1S/C9H14N4O2/c14-9(11-8-1-6-15-12-8)7-13-4-2-10-3-5-13/h1,6,10H,2-5,7H2,(H,11,12,14). The van der Waals surface area contributed by atoms with Crippen LogP contribution in [0.2, 0.25) is 0 Å². The molecule has 1 aliphatic heterocycles. The topological polar surface area (TPSA) is 70.4 Å². The van der Waals surface area contributed by atoms with Crippen molar-refractivity contribution in [2.24, 2.45) is 0 Å². The number of hydrogen-bond acceptors (Lipinski definition) is 5. The van der Waals surface area contributed by atoms with Crippen LogP contribution in [0.5, 0.6) is 0 Å². The van der Waals surface area contributed by atoms with Gasteiger partial charge in [-0.1, -0.05) is 5.16 Å². The first-order valence-corrected chi connectivity index (χ1v) is 4.98. The third-order valence-electron chi connectivity index (χ3n) is 2.28. The van der Waals surface area contributed by atoms with E-state index in [-0.39, 0.29) is 5.91 Å². The molecule has 0 saturated carbocycles. The zero-order chi connectivity index (χ0) is 10.5. The number of piperazine rings is 1. The zero-order valence-electron chi connectivity index (χ0n) is 8.40. The number of rotatable bonds is 3. The highest BCUT2D eigenvalue weighted by molar-refractivity contribution is 5.91. The highest BCUT2D eigenvalue weighted by Gasteiger charge is 2.13. The lowest BCUT2D eigenvalue weighted by Gasteiger charge is -2.26. The molecule has 1 fully saturated rings. The molecule has 0 spiro atoms. The normalized spacial score (nSPS) is 17.6. The molecule has 82 valence electrons. The molecule has 1 saturated heterocycles. The Balaban J connectivity index is 1.76. The molecule has 1 aliphatic rings. The van der Waals surface area contributed by atoms with Crippen LogP contribution in [0.3, 0.4) is 0 Å². The highest BCUT2D eigenvalue weighted by Crippen LogP contribution is 2.01. The monoisotopic (exact) mass is 210 g/mol. The quantitative estimate of drug-likeness (QED) is 0.705. The molecule has 15 heavy (non-hydrogen) atoms. The van der Waals surface area contributed by atoms with Gasteiger partial charge in [-0.25, -0.2) is 0 Å². The van der Waals surface area contributed by atoms with Gasteiger partial charge in [-0.2, -0.15) is 0 Å². The van der Waals surface area contributed by atoms with E-state index in [0.717, 1.165) is 26.2 Å². The van der Waals surface area contributed by atoms with Gasteiger partial charge >= 0.3 is 0 Å². The minimum atomic E-state index is -0.0502. The van der Waals surface area contributed by atoms with E-state index in [1.165, 1.54) is 6.26 Å². The lowest BCUT2D eigenvalue weighted by Crippen LogP contribution is -2.46. The summed E-state index contributed by atoms with van der Waals surface area (Å²) in [6.45, 7) is 4.11. The number of anilines is 1. The Labute approximate surface area is 87.6 Å². The Hall–Kier alpha value is -1.40. The van der Waals surface area contributed by atoms with E-state index < -0.39 is 0 Å². The second kappa shape index (κ2) is 4.90. The molecule has 0 unspecified atom stereocenters. The molecule has 6 nitrogen and oxygen atoms in total. The first-order valence-electron chi connectivity index (χ1n) is 4.98. The highest BCUT2D eigenvalue weighted by atomic mass is 16.5. The second-order valence-corrected chi connectivity index (χ2v) is 3.46. The maximum absolute atomic E-state index is 11.5. The summed E-state index contributed by atoms with van der Waals surface area (Å²) >= 11 is 0. The molecule has 1 aromatic heterocycles. The Kier molecular flexibility index (Phi) is 3.31. The minimum Gasteiger partial charge on any atom is -0.363 e. The first kappa shape index (κ1) is 10.1. The molecule has 2 N–H and O–H groups in total. The van der Waals surface area contributed by atoms with Crippen LogP contribution in [0, 0.1) is 0 Å². The first-order chi connectivity index (χ1) is 7.34. The summed E-state index contributed by atoms with van der Waals surface area (Å²) in [5, 5.41) is 9.51. The summed E-state index contributed by atoms with van der Waals surface area (Å²) in [6, 6.07) is 1.62. The largest absolute Gasteiger partial charge is 0.363 e. The van der Waals surface area contributed by atoms with Crippen molar-refractivity contribution in [3.63, 3.8) is 0 Å². The number of aromatic nitrogens is 1. The number of nitrogens with one attached hydrogen (secondary N) is 2. The van der Waals surface area contributed by atoms with E-state index in [9.17, 15) is 4.79 Å². The third kappa shape index (κ3) is 3.03. The van der Waals surface area contributed by atoms with Gasteiger partial charge in [0.25, 0.3) is 0 Å². The van der Waals surface area contributed by atoms with Gasteiger partial charge in [-0.15, -0.1) is 0 Å². The molecule has 1 aromatic rings. The van der Waals surface area contributed by atoms with E-state index in [4.69, 9.17) is 0 Å². The van der Waals surface area contributed by atoms with Crippen LogP contribution in [-0.4, -0.2) is 48.7 Å². The average Bonchev–Trinajstić information content (AvgIpc) is 2.71. The summed E-state index contributed by atoms with van der Waals surface area (Å²) in [4.78, 5) is 13.6. The number of carbonyl (C=O) groups is 1. The summed E-state index contributed by atoms with van der Waals surface area (Å²) in [5.41, 5.74) is 0. The predicted molar refractivity (Wildman–Crippen MR) is 54.4 cm³/mol. The van der Waals surface area contributed by atoms with Crippen molar-refractivity contribution < 1.29 is 9.32 Å². The van der Waals surface area contributed by atoms with E-state index in [2.05, 4.69) is 25.2 Å². The molecule has 2 heterocycles. The van der Waals surface area contributed by atoms with Gasteiger partial charge in [-0.05, 0) is 0 Å². The molecule has 0 bridgehead atoms. The molecule has 0 radical (unpaired) electrons. The second-order valence-electron chi connectivity index (χ2n) is 3.46. The van der Waals surface area contributed by atoms with Gasteiger partial charge in [0.1, 0.15) is 6.26 Å². The molecule has 0 atom stereocenters. The molecule has 0 aliphatic carbocycles. The smallest absolute Gasteiger partial charge is 0.239 e. The summed E-state index contributed by atoms with van der Waals surface area (Å²) < 4.78 is 4.62. The predicted octanol–water partition coefficient (Wildman–Crippen LogP) is -0.482. The van der Waals surface area contributed by atoms with Crippen molar-refractivity contribution in [3.05, 3.63) is 12.3 Å². The summed E-state index contributed by atoms with van der Waals surface area (Å²) in [7, 11) is 0. The van der Waals surface area contributed by atoms with E-state index in [1.807, 2.05) is 0 Å². The van der Waals surface area contributed by atoms with Gasteiger partial charge in [0.05, 0.1) is 6.54 Å². The fourth-order valence-corrected chi connectivity index (χ4v) is 1.53. The van der Waals surface area contributed by atoms with Crippen molar-refractivity contribution in [3.8, 4) is 0 Å². The maximum atomic E-state index is 11.5. The van der Waals surface area contributed by atoms with Crippen LogP contribution in [0.1, 0.15) is 0 Å². The van der Waals surface area contributed by atoms with E-state index in [0.29, 0.717) is 12.4 Å². The minimum absolute atomic E-state index is 0.0502. The van der Waals surface area contributed by atoms with Crippen molar-refractivity contribution in [2.75, 3.05) is 38.0 Å². The van der Waals surface area contributed by atoms with Gasteiger partial charge in [0.15, 0.2) is 5.82 Å². The summed E-state index contributed by atoms with van der Waals surface area (Å²) in [6.07, 6.45) is 1.43. The van der Waals surface area contributed by atoms with Crippen LogP contribution < -0.4 is 10.6 Å². The van der Waals surface area contributed by atoms with Crippen LogP contribution in [0.25, 0.3) is 0 Å². The Morgan fingerprint density at radius 2 is 2.40 bits per heavy atom. The van der Waals surface area contributed by atoms with Crippen molar-refractivity contribution in [1.29, 1.82) is 0 Å². The van der Waals surface area contributed by atoms with Gasteiger partial charge in [0.2, 0.25) is 5.91 Å². The molecule has 1 amide bonds. The van der Waals surface area contributed by atoms with Crippen LogP contribution >= 0.6 is 0 Å². The fraction of sp³-hybridized carbons (Fsp3) is 0.556.